The second-order valence-electron chi connectivity index (χ2n) is 5.20. The lowest BCUT2D eigenvalue weighted by Crippen LogP contribution is -2.35. The number of likely N-dealkylation sites (tertiary alicyclic amines) is 1. The zero-order chi connectivity index (χ0) is 15.0. The summed E-state index contributed by atoms with van der Waals surface area (Å²) >= 11 is 0. The number of carboxylic acids is 1. The zero-order valence-electron chi connectivity index (χ0n) is 11.3. The number of benzene rings is 1. The number of imidazole rings is 1. The molecule has 21 heavy (non-hydrogen) atoms. The number of fused-ring (bicyclic) bond motifs is 1. The first kappa shape index (κ1) is 13.4. The Morgan fingerprint density at radius 1 is 1.33 bits per heavy atom. The number of H-pyrrole nitrogens is 1. The summed E-state index contributed by atoms with van der Waals surface area (Å²) in [5, 5.41) is 8.96. The minimum atomic E-state index is -0.880. The van der Waals surface area contributed by atoms with Crippen molar-refractivity contribution in [3.63, 3.8) is 0 Å². The first-order valence-electron chi connectivity index (χ1n) is 6.74. The summed E-state index contributed by atoms with van der Waals surface area (Å²) in [7, 11) is 0. The smallest absolute Gasteiger partial charge is 0.326 e. The number of nitrogens with zero attached hydrogens (tertiary/aromatic N) is 2. The minimum Gasteiger partial charge on any atom is -0.481 e. The van der Waals surface area contributed by atoms with Crippen molar-refractivity contribution in [2.45, 2.75) is 13.0 Å². The third-order valence-electron chi connectivity index (χ3n) is 3.87. The predicted octanol–water partition coefficient (Wildman–Crippen LogP) is 0.263. The molecule has 1 amide bonds. The number of aliphatic carboxylic acids is 1. The van der Waals surface area contributed by atoms with Crippen LogP contribution in [0, 0.1) is 5.92 Å². The van der Waals surface area contributed by atoms with Crippen LogP contribution in [0.25, 0.3) is 11.0 Å². The number of hydrogen-bond acceptors (Lipinski definition) is 3. The fraction of sp³-hybridized carbons (Fsp3) is 0.357. The Labute approximate surface area is 119 Å². The van der Waals surface area contributed by atoms with Crippen LogP contribution in [-0.4, -0.2) is 44.5 Å². The molecule has 1 atom stereocenters. The molecule has 0 spiro atoms. The van der Waals surface area contributed by atoms with Crippen LogP contribution in [0.4, 0.5) is 0 Å². The maximum Gasteiger partial charge on any atom is 0.326 e. The highest BCUT2D eigenvalue weighted by Crippen LogP contribution is 2.17. The second kappa shape index (κ2) is 5.08. The summed E-state index contributed by atoms with van der Waals surface area (Å²) in [5.74, 6) is -1.62. The van der Waals surface area contributed by atoms with Gasteiger partial charge in [-0.3, -0.25) is 14.2 Å². The lowest BCUT2D eigenvalue weighted by molar-refractivity contribution is -0.141. The molecule has 1 fully saturated rings. The van der Waals surface area contributed by atoms with Gasteiger partial charge in [-0.15, -0.1) is 0 Å². The molecule has 0 aliphatic carbocycles. The van der Waals surface area contributed by atoms with E-state index in [1.165, 1.54) is 9.47 Å². The Morgan fingerprint density at radius 2 is 2.10 bits per heavy atom. The van der Waals surface area contributed by atoms with E-state index >= 15 is 0 Å². The van der Waals surface area contributed by atoms with Crippen molar-refractivity contribution >= 4 is 22.9 Å². The number of carbonyl (C=O) groups is 2. The van der Waals surface area contributed by atoms with Crippen LogP contribution in [0.1, 0.15) is 6.42 Å². The number of aromatic nitrogens is 2. The van der Waals surface area contributed by atoms with Gasteiger partial charge in [0.25, 0.3) is 0 Å². The van der Waals surface area contributed by atoms with E-state index in [-0.39, 0.29) is 24.7 Å². The van der Waals surface area contributed by atoms with E-state index in [4.69, 9.17) is 5.11 Å². The van der Waals surface area contributed by atoms with Crippen LogP contribution in [0.15, 0.2) is 29.1 Å². The van der Waals surface area contributed by atoms with Gasteiger partial charge in [0.05, 0.1) is 17.0 Å². The molecule has 7 heteroatoms. The highest BCUT2D eigenvalue weighted by molar-refractivity contribution is 5.81. The van der Waals surface area contributed by atoms with Gasteiger partial charge in [0.15, 0.2) is 0 Å². The van der Waals surface area contributed by atoms with E-state index in [0.717, 1.165) is 0 Å². The maximum absolute atomic E-state index is 12.2. The second-order valence-corrected chi connectivity index (χ2v) is 5.20. The lowest BCUT2D eigenvalue weighted by Gasteiger charge is -2.16. The number of hydrogen-bond donors (Lipinski definition) is 2. The number of rotatable bonds is 3. The number of nitrogens with one attached hydrogen (secondary N) is 1. The standard InChI is InChI=1S/C14H15N3O4/c18-12(16-6-5-9(7-16)13(19)20)8-17-11-4-2-1-3-10(11)15-14(17)21/h1-4,9H,5-8H2,(H,15,21)(H,19,20). The monoisotopic (exact) mass is 289 g/mol. The molecule has 0 saturated carbocycles. The number of carboxylic acid groups (broad SMARTS) is 1. The molecule has 3 rings (SSSR count). The van der Waals surface area contributed by atoms with Gasteiger partial charge in [-0.05, 0) is 18.6 Å². The summed E-state index contributed by atoms with van der Waals surface area (Å²) < 4.78 is 1.38. The Hall–Kier alpha value is -2.57. The normalized spacial score (nSPS) is 18.3. The third-order valence-corrected chi connectivity index (χ3v) is 3.87. The fourth-order valence-corrected chi connectivity index (χ4v) is 2.69. The van der Waals surface area contributed by atoms with Gasteiger partial charge in [-0.25, -0.2) is 4.79 Å². The van der Waals surface area contributed by atoms with E-state index in [1.807, 2.05) is 6.07 Å². The molecule has 0 bridgehead atoms. The molecule has 2 heterocycles. The number of aromatic amines is 1. The van der Waals surface area contributed by atoms with E-state index < -0.39 is 11.9 Å². The summed E-state index contributed by atoms with van der Waals surface area (Å²) in [5.41, 5.74) is 1.02. The van der Waals surface area contributed by atoms with Crippen LogP contribution in [0.2, 0.25) is 0 Å². The SMILES string of the molecule is O=C(O)C1CCN(C(=O)Cn2c(=O)[nH]c3ccccc32)C1. The summed E-state index contributed by atoms with van der Waals surface area (Å²) in [6, 6.07) is 7.15. The highest BCUT2D eigenvalue weighted by atomic mass is 16.4. The van der Waals surface area contributed by atoms with Crippen molar-refractivity contribution in [1.29, 1.82) is 0 Å². The highest BCUT2D eigenvalue weighted by Gasteiger charge is 2.31. The first-order chi connectivity index (χ1) is 10.1. The molecule has 1 unspecified atom stereocenters. The molecule has 1 aliphatic rings. The van der Waals surface area contributed by atoms with Crippen LogP contribution >= 0.6 is 0 Å². The van der Waals surface area contributed by atoms with Crippen molar-refractivity contribution in [3.05, 3.63) is 34.7 Å². The van der Waals surface area contributed by atoms with Gasteiger partial charge in [0.1, 0.15) is 6.54 Å². The molecule has 110 valence electrons. The minimum absolute atomic E-state index is 0.0742. The van der Waals surface area contributed by atoms with E-state index in [1.54, 1.807) is 18.2 Å². The molecule has 2 aromatic rings. The van der Waals surface area contributed by atoms with Crippen LogP contribution in [-0.2, 0) is 16.1 Å². The fourth-order valence-electron chi connectivity index (χ4n) is 2.69. The Bertz CT molecular complexity index is 761. The van der Waals surface area contributed by atoms with E-state index in [2.05, 4.69) is 4.98 Å². The van der Waals surface area contributed by atoms with Crippen molar-refractivity contribution in [2.24, 2.45) is 5.92 Å². The van der Waals surface area contributed by atoms with Crippen molar-refractivity contribution in [2.75, 3.05) is 13.1 Å². The van der Waals surface area contributed by atoms with Crippen molar-refractivity contribution < 1.29 is 14.7 Å². The topological polar surface area (TPSA) is 95.4 Å². The van der Waals surface area contributed by atoms with Gasteiger partial charge >= 0.3 is 11.7 Å². The average Bonchev–Trinajstić information content (AvgIpc) is 3.05. The molecule has 1 aromatic carbocycles. The molecule has 0 radical (unpaired) electrons. The number of para-hydroxylation sites is 2. The lowest BCUT2D eigenvalue weighted by atomic mass is 10.1. The Kier molecular flexibility index (Phi) is 3.25. The molecule has 1 saturated heterocycles. The molecule has 2 N–H and O–H groups in total. The first-order valence-corrected chi connectivity index (χ1v) is 6.74. The number of carbonyl (C=O) groups excluding carboxylic acids is 1. The Morgan fingerprint density at radius 3 is 2.81 bits per heavy atom. The Balaban J connectivity index is 1.80. The molecule has 1 aromatic heterocycles. The predicted molar refractivity (Wildman–Crippen MR) is 74.9 cm³/mol. The molecule has 7 nitrogen and oxygen atoms in total. The van der Waals surface area contributed by atoms with Gasteiger partial charge in [0, 0.05) is 13.1 Å². The van der Waals surface area contributed by atoms with Crippen molar-refractivity contribution in [1.82, 2.24) is 14.5 Å². The molecular weight excluding hydrogens is 274 g/mol. The van der Waals surface area contributed by atoms with Gasteiger partial charge in [-0.2, -0.15) is 0 Å². The van der Waals surface area contributed by atoms with Crippen LogP contribution in [0.5, 0.6) is 0 Å². The maximum atomic E-state index is 12.2. The van der Waals surface area contributed by atoms with E-state index in [9.17, 15) is 14.4 Å². The summed E-state index contributed by atoms with van der Waals surface area (Å²) in [4.78, 5) is 39.3. The van der Waals surface area contributed by atoms with Gasteiger partial charge in [0.2, 0.25) is 5.91 Å². The van der Waals surface area contributed by atoms with E-state index in [0.29, 0.717) is 24.0 Å². The summed E-state index contributed by atoms with van der Waals surface area (Å²) in [6.07, 6.45) is 0.462. The zero-order valence-corrected chi connectivity index (χ0v) is 11.3. The van der Waals surface area contributed by atoms with Gasteiger partial charge in [-0.1, -0.05) is 12.1 Å². The largest absolute Gasteiger partial charge is 0.481 e. The molecular formula is C14H15N3O4. The third kappa shape index (κ3) is 2.42. The molecule has 1 aliphatic heterocycles. The average molecular weight is 289 g/mol. The van der Waals surface area contributed by atoms with Crippen LogP contribution < -0.4 is 5.69 Å². The number of amides is 1. The summed E-state index contributed by atoms with van der Waals surface area (Å²) in [6.45, 7) is 0.563. The quantitative estimate of drug-likeness (QED) is 0.847. The van der Waals surface area contributed by atoms with Crippen LogP contribution in [0.3, 0.4) is 0 Å². The van der Waals surface area contributed by atoms with Crippen molar-refractivity contribution in [3.8, 4) is 0 Å². The van der Waals surface area contributed by atoms with Gasteiger partial charge < -0.3 is 15.0 Å².